The highest BCUT2D eigenvalue weighted by molar-refractivity contribution is 5.17. The summed E-state index contributed by atoms with van der Waals surface area (Å²) >= 11 is 0. The number of hydrogen-bond donors (Lipinski definition) is 1. The summed E-state index contributed by atoms with van der Waals surface area (Å²) in [5.41, 5.74) is 1.24. The van der Waals surface area contributed by atoms with Crippen LogP contribution in [0.4, 0.5) is 0 Å². The van der Waals surface area contributed by atoms with Crippen molar-refractivity contribution < 1.29 is 4.74 Å². The molecule has 0 bridgehead atoms. The van der Waals surface area contributed by atoms with Crippen LogP contribution < -0.4 is 10.1 Å². The summed E-state index contributed by atoms with van der Waals surface area (Å²) in [4.78, 5) is 4.35. The van der Waals surface area contributed by atoms with Crippen molar-refractivity contribution in [1.82, 2.24) is 10.3 Å². The fourth-order valence-corrected chi connectivity index (χ4v) is 2.03. The van der Waals surface area contributed by atoms with Gasteiger partial charge in [0.15, 0.2) is 0 Å². The van der Waals surface area contributed by atoms with Crippen LogP contribution in [0.1, 0.15) is 57.4 Å². The zero-order valence-electron chi connectivity index (χ0n) is 12.0. The minimum Gasteiger partial charge on any atom is -0.478 e. The molecule has 19 heavy (non-hydrogen) atoms. The molecule has 1 aromatic rings. The molecule has 1 aliphatic rings. The van der Waals surface area contributed by atoms with Crippen LogP contribution in [0.2, 0.25) is 0 Å². The van der Waals surface area contributed by atoms with Crippen LogP contribution in [0.25, 0.3) is 0 Å². The molecule has 0 radical (unpaired) electrons. The zero-order valence-corrected chi connectivity index (χ0v) is 12.0. The lowest BCUT2D eigenvalue weighted by Gasteiger charge is -2.06. The van der Waals surface area contributed by atoms with Gasteiger partial charge in [-0.15, -0.1) is 0 Å². The molecule has 3 heteroatoms. The monoisotopic (exact) mass is 262 g/mol. The molecule has 106 valence electrons. The summed E-state index contributed by atoms with van der Waals surface area (Å²) in [6, 6.07) is 4.84. The van der Waals surface area contributed by atoms with Crippen molar-refractivity contribution in [2.45, 2.75) is 64.5 Å². The number of rotatable bonds is 10. The Kier molecular flexibility index (Phi) is 6.15. The normalized spacial score (nSPS) is 14.6. The van der Waals surface area contributed by atoms with Gasteiger partial charge in [0, 0.05) is 24.8 Å². The van der Waals surface area contributed by atoms with Crippen LogP contribution in [0.15, 0.2) is 18.3 Å². The first kappa shape index (κ1) is 14.3. The third kappa shape index (κ3) is 6.06. The third-order valence-corrected chi connectivity index (χ3v) is 3.47. The second kappa shape index (κ2) is 8.16. The molecular formula is C16H26N2O. The second-order valence-electron chi connectivity index (χ2n) is 5.42. The predicted octanol–water partition coefficient (Wildman–Crippen LogP) is 3.68. The van der Waals surface area contributed by atoms with E-state index in [0.29, 0.717) is 0 Å². The number of ether oxygens (including phenoxy) is 1. The lowest BCUT2D eigenvalue weighted by molar-refractivity contribution is 0.293. The maximum atomic E-state index is 5.65. The van der Waals surface area contributed by atoms with Crippen molar-refractivity contribution in [3.63, 3.8) is 0 Å². The quantitative estimate of drug-likeness (QED) is 0.653. The Morgan fingerprint density at radius 1 is 1.21 bits per heavy atom. The number of nitrogens with zero attached hydrogens (tertiary/aromatic N) is 1. The van der Waals surface area contributed by atoms with E-state index in [1.54, 1.807) is 0 Å². The maximum Gasteiger partial charge on any atom is 0.213 e. The molecule has 0 unspecified atom stereocenters. The molecule has 1 N–H and O–H groups in total. The first-order chi connectivity index (χ1) is 9.38. The molecule has 1 fully saturated rings. The van der Waals surface area contributed by atoms with Crippen molar-refractivity contribution in [3.8, 4) is 5.88 Å². The van der Waals surface area contributed by atoms with Crippen molar-refractivity contribution in [2.75, 3.05) is 6.61 Å². The van der Waals surface area contributed by atoms with Gasteiger partial charge in [-0.3, -0.25) is 0 Å². The summed E-state index contributed by atoms with van der Waals surface area (Å²) < 4.78 is 5.65. The summed E-state index contributed by atoms with van der Waals surface area (Å²) in [7, 11) is 0. The molecule has 1 saturated carbocycles. The van der Waals surface area contributed by atoms with Crippen molar-refractivity contribution in [3.05, 3.63) is 23.9 Å². The minimum absolute atomic E-state index is 0.749. The zero-order chi connectivity index (χ0) is 13.3. The highest BCUT2D eigenvalue weighted by Gasteiger charge is 2.19. The summed E-state index contributed by atoms with van der Waals surface area (Å²) in [6.07, 6.45) is 10.9. The van der Waals surface area contributed by atoms with Crippen molar-refractivity contribution in [1.29, 1.82) is 0 Å². The predicted molar refractivity (Wildman–Crippen MR) is 78.4 cm³/mol. The molecule has 0 spiro atoms. The lowest BCUT2D eigenvalue weighted by Crippen LogP contribution is -2.15. The van der Waals surface area contributed by atoms with E-state index in [0.717, 1.165) is 31.5 Å². The van der Waals surface area contributed by atoms with Gasteiger partial charge in [0.25, 0.3) is 0 Å². The van der Waals surface area contributed by atoms with Gasteiger partial charge >= 0.3 is 0 Å². The van der Waals surface area contributed by atoms with Gasteiger partial charge in [-0.05, 0) is 24.8 Å². The topological polar surface area (TPSA) is 34.1 Å². The summed E-state index contributed by atoms with van der Waals surface area (Å²) in [5.74, 6) is 0.755. The average Bonchev–Trinajstić information content (AvgIpc) is 3.26. The lowest BCUT2D eigenvalue weighted by atomic mass is 10.2. The van der Waals surface area contributed by atoms with Gasteiger partial charge in [0.05, 0.1) is 6.61 Å². The van der Waals surface area contributed by atoms with Crippen molar-refractivity contribution >= 4 is 0 Å². The number of aromatic nitrogens is 1. The maximum absolute atomic E-state index is 5.65. The van der Waals surface area contributed by atoms with Crippen LogP contribution in [-0.4, -0.2) is 17.6 Å². The highest BCUT2D eigenvalue weighted by atomic mass is 16.5. The van der Waals surface area contributed by atoms with Gasteiger partial charge in [-0.25, -0.2) is 4.98 Å². The van der Waals surface area contributed by atoms with Crippen molar-refractivity contribution in [2.24, 2.45) is 0 Å². The van der Waals surface area contributed by atoms with Crippen LogP contribution in [0.3, 0.4) is 0 Å². The van der Waals surface area contributed by atoms with E-state index < -0.39 is 0 Å². The smallest absolute Gasteiger partial charge is 0.213 e. The van der Waals surface area contributed by atoms with Gasteiger partial charge in [-0.2, -0.15) is 0 Å². The number of hydrogen-bond acceptors (Lipinski definition) is 3. The van der Waals surface area contributed by atoms with E-state index in [9.17, 15) is 0 Å². The Morgan fingerprint density at radius 2 is 2.05 bits per heavy atom. The highest BCUT2D eigenvalue weighted by Crippen LogP contribution is 2.19. The number of pyridine rings is 1. The molecule has 1 aliphatic carbocycles. The largest absolute Gasteiger partial charge is 0.478 e. The van der Waals surface area contributed by atoms with Gasteiger partial charge in [0.1, 0.15) is 0 Å². The average molecular weight is 262 g/mol. The first-order valence-corrected chi connectivity index (χ1v) is 7.69. The molecule has 0 amide bonds. The molecule has 0 aromatic carbocycles. The second-order valence-corrected chi connectivity index (χ2v) is 5.42. The standard InChI is InChI=1S/C16H26N2O/c1-2-3-4-5-6-11-19-16-10-7-14(13-18-16)12-17-15-8-9-15/h7,10,13,15,17H,2-6,8-9,11-12H2,1H3. The SMILES string of the molecule is CCCCCCCOc1ccc(CNC2CC2)cn1. The molecular weight excluding hydrogens is 236 g/mol. The Labute approximate surface area is 116 Å². The van der Waals surface area contributed by atoms with Crippen LogP contribution >= 0.6 is 0 Å². The van der Waals surface area contributed by atoms with E-state index >= 15 is 0 Å². The molecule has 0 atom stereocenters. The number of nitrogens with one attached hydrogen (secondary N) is 1. The van der Waals surface area contributed by atoms with Gasteiger partial charge in [-0.1, -0.05) is 38.7 Å². The van der Waals surface area contributed by atoms with Gasteiger partial charge in [0.2, 0.25) is 5.88 Å². The molecule has 3 nitrogen and oxygen atoms in total. The van der Waals surface area contributed by atoms with E-state index in [1.165, 1.54) is 44.1 Å². The molecule has 1 aromatic heterocycles. The van der Waals surface area contributed by atoms with Crippen LogP contribution in [0.5, 0.6) is 5.88 Å². The molecule has 0 aliphatic heterocycles. The van der Waals surface area contributed by atoms with E-state index in [-0.39, 0.29) is 0 Å². The fourth-order valence-electron chi connectivity index (χ4n) is 2.03. The Balaban J connectivity index is 1.58. The Morgan fingerprint density at radius 3 is 2.74 bits per heavy atom. The third-order valence-electron chi connectivity index (χ3n) is 3.47. The van der Waals surface area contributed by atoms with E-state index in [1.807, 2.05) is 12.3 Å². The first-order valence-electron chi connectivity index (χ1n) is 7.69. The van der Waals surface area contributed by atoms with E-state index in [4.69, 9.17) is 4.74 Å². The Hall–Kier alpha value is -1.09. The molecule has 2 rings (SSSR count). The summed E-state index contributed by atoms with van der Waals surface area (Å²) in [6.45, 7) is 3.95. The van der Waals surface area contributed by atoms with E-state index in [2.05, 4.69) is 23.3 Å². The molecule has 1 heterocycles. The minimum atomic E-state index is 0.749. The van der Waals surface area contributed by atoms with Gasteiger partial charge < -0.3 is 10.1 Å². The summed E-state index contributed by atoms with van der Waals surface area (Å²) in [5, 5.41) is 3.48. The van der Waals surface area contributed by atoms with Crippen LogP contribution in [-0.2, 0) is 6.54 Å². The Bertz CT molecular complexity index is 346. The van der Waals surface area contributed by atoms with Crippen LogP contribution in [0, 0.1) is 0 Å². The number of unbranched alkanes of at least 4 members (excludes halogenated alkanes) is 4. The molecule has 0 saturated heterocycles. The fraction of sp³-hybridized carbons (Fsp3) is 0.688.